The lowest BCUT2D eigenvalue weighted by Crippen LogP contribution is -2.06. The quantitative estimate of drug-likeness (QED) is 0.630. The largest absolute Gasteiger partial charge is 0.327 e. The van der Waals surface area contributed by atoms with Crippen LogP contribution in [-0.4, -0.2) is 9.55 Å². The number of para-hydroxylation sites is 1. The summed E-state index contributed by atoms with van der Waals surface area (Å²) < 4.78 is 15.7. The Balaban J connectivity index is 1.97. The molecule has 2 nitrogen and oxygen atoms in total. The highest BCUT2D eigenvalue weighted by Crippen LogP contribution is 2.25. The van der Waals surface area contributed by atoms with Crippen LogP contribution in [0.5, 0.6) is 0 Å². The number of benzene rings is 2. The average Bonchev–Trinajstić information content (AvgIpc) is 2.86. The summed E-state index contributed by atoms with van der Waals surface area (Å²) in [6.07, 6.45) is 0.578. The molecule has 2 aromatic carbocycles. The first-order chi connectivity index (χ1) is 10.2. The Labute approximate surface area is 132 Å². The second-order valence-electron chi connectivity index (χ2n) is 4.76. The summed E-state index contributed by atoms with van der Waals surface area (Å²) in [4.78, 5) is 4.47. The zero-order valence-electron chi connectivity index (χ0n) is 11.2. The third-order valence-corrected chi connectivity index (χ3v) is 4.03. The van der Waals surface area contributed by atoms with E-state index in [4.69, 9.17) is 23.2 Å². The van der Waals surface area contributed by atoms with Crippen LogP contribution in [-0.2, 0) is 18.8 Å². The van der Waals surface area contributed by atoms with E-state index in [-0.39, 0.29) is 5.82 Å². The molecular formula is C16H13Cl2FN2. The van der Waals surface area contributed by atoms with Crippen molar-refractivity contribution in [3.63, 3.8) is 0 Å². The van der Waals surface area contributed by atoms with Gasteiger partial charge in [-0.1, -0.05) is 35.9 Å². The van der Waals surface area contributed by atoms with Gasteiger partial charge in [-0.25, -0.2) is 9.37 Å². The highest BCUT2D eigenvalue weighted by molar-refractivity contribution is 6.35. The third-order valence-electron chi connectivity index (χ3n) is 3.49. The average molecular weight is 323 g/mol. The monoisotopic (exact) mass is 322 g/mol. The number of halogens is 3. The Kier molecular flexibility index (Phi) is 4.13. The second kappa shape index (κ2) is 6.04. The maximum atomic E-state index is 13.7. The number of nitrogens with zero attached hydrogens (tertiary/aromatic N) is 2. The molecule has 0 radical (unpaired) electrons. The first-order valence-corrected chi connectivity index (χ1v) is 7.55. The molecule has 0 aliphatic rings. The van der Waals surface area contributed by atoms with Gasteiger partial charge in [-0.3, -0.25) is 0 Å². The number of aryl methyl sites for hydroxylation is 2. The molecule has 5 heteroatoms. The van der Waals surface area contributed by atoms with E-state index in [1.54, 1.807) is 18.2 Å². The topological polar surface area (TPSA) is 17.8 Å². The summed E-state index contributed by atoms with van der Waals surface area (Å²) in [6, 6.07) is 12.4. The molecule has 108 valence electrons. The van der Waals surface area contributed by atoms with Gasteiger partial charge in [-0.2, -0.15) is 0 Å². The number of hydrogen-bond acceptors (Lipinski definition) is 1. The van der Waals surface area contributed by atoms with Crippen molar-refractivity contribution in [3.8, 4) is 0 Å². The van der Waals surface area contributed by atoms with Crippen molar-refractivity contribution in [1.82, 2.24) is 9.55 Å². The standard InChI is InChI=1S/C16H13Cl2FN2/c17-10-15-20-16-12(18)5-3-7-14(16)21(15)9-8-11-4-1-2-6-13(11)19/h1-7H,8-10H2. The number of fused-ring (bicyclic) bond motifs is 1. The lowest BCUT2D eigenvalue weighted by Gasteiger charge is -2.08. The molecular weight excluding hydrogens is 310 g/mol. The van der Waals surface area contributed by atoms with Gasteiger partial charge in [0.15, 0.2) is 0 Å². The van der Waals surface area contributed by atoms with Gasteiger partial charge in [0, 0.05) is 6.54 Å². The van der Waals surface area contributed by atoms with E-state index >= 15 is 0 Å². The van der Waals surface area contributed by atoms with E-state index in [1.165, 1.54) is 6.07 Å². The van der Waals surface area contributed by atoms with Gasteiger partial charge in [0.05, 0.1) is 16.4 Å². The molecule has 0 aliphatic heterocycles. The summed E-state index contributed by atoms with van der Waals surface area (Å²) in [5, 5.41) is 0.600. The third kappa shape index (κ3) is 2.76. The number of rotatable bonds is 4. The maximum Gasteiger partial charge on any atom is 0.126 e. The van der Waals surface area contributed by atoms with Gasteiger partial charge in [0.2, 0.25) is 0 Å². The summed E-state index contributed by atoms with van der Waals surface area (Å²) in [5.41, 5.74) is 2.35. The van der Waals surface area contributed by atoms with Crippen LogP contribution >= 0.6 is 23.2 Å². The van der Waals surface area contributed by atoms with Gasteiger partial charge in [0.1, 0.15) is 17.2 Å². The van der Waals surface area contributed by atoms with Crippen LogP contribution in [0.2, 0.25) is 5.02 Å². The van der Waals surface area contributed by atoms with Crippen molar-refractivity contribution in [2.45, 2.75) is 18.8 Å². The van der Waals surface area contributed by atoms with Crippen LogP contribution in [0.25, 0.3) is 11.0 Å². The number of alkyl halides is 1. The molecule has 0 fully saturated rings. The van der Waals surface area contributed by atoms with E-state index in [0.717, 1.165) is 16.9 Å². The Morgan fingerprint density at radius 1 is 1.10 bits per heavy atom. The number of imidazole rings is 1. The normalized spacial score (nSPS) is 11.2. The van der Waals surface area contributed by atoms with Crippen LogP contribution in [0.3, 0.4) is 0 Å². The Morgan fingerprint density at radius 3 is 2.67 bits per heavy atom. The van der Waals surface area contributed by atoms with Crippen molar-refractivity contribution in [2.24, 2.45) is 0 Å². The van der Waals surface area contributed by atoms with Gasteiger partial charge in [-0.05, 0) is 30.2 Å². The van der Waals surface area contributed by atoms with E-state index in [1.807, 2.05) is 22.8 Å². The molecule has 0 atom stereocenters. The van der Waals surface area contributed by atoms with Crippen LogP contribution in [0.4, 0.5) is 4.39 Å². The van der Waals surface area contributed by atoms with Gasteiger partial charge in [-0.15, -0.1) is 11.6 Å². The highest BCUT2D eigenvalue weighted by atomic mass is 35.5. The zero-order chi connectivity index (χ0) is 14.8. The molecule has 1 aromatic heterocycles. The van der Waals surface area contributed by atoms with Crippen LogP contribution in [0.1, 0.15) is 11.4 Å². The van der Waals surface area contributed by atoms with Crippen molar-refractivity contribution in [1.29, 1.82) is 0 Å². The summed E-state index contributed by atoms with van der Waals surface area (Å²) in [5.74, 6) is 0.853. The maximum absolute atomic E-state index is 13.7. The molecule has 0 saturated heterocycles. The number of aromatic nitrogens is 2. The summed E-state index contributed by atoms with van der Waals surface area (Å²) in [6.45, 7) is 0.611. The van der Waals surface area contributed by atoms with Crippen LogP contribution < -0.4 is 0 Å². The smallest absolute Gasteiger partial charge is 0.126 e. The summed E-state index contributed by atoms with van der Waals surface area (Å²) >= 11 is 12.1. The fourth-order valence-electron chi connectivity index (χ4n) is 2.45. The van der Waals surface area contributed by atoms with E-state index in [0.29, 0.717) is 29.4 Å². The van der Waals surface area contributed by atoms with Crippen molar-refractivity contribution < 1.29 is 4.39 Å². The Hall–Kier alpha value is -1.58. The molecule has 1 heterocycles. The molecule has 0 unspecified atom stereocenters. The van der Waals surface area contributed by atoms with Crippen molar-refractivity contribution in [3.05, 3.63) is 64.7 Å². The Morgan fingerprint density at radius 2 is 1.90 bits per heavy atom. The molecule has 0 spiro atoms. The molecule has 0 amide bonds. The SMILES string of the molecule is Fc1ccccc1CCn1c(CCl)nc2c(Cl)cccc21. The first kappa shape index (κ1) is 14.4. The molecule has 3 aromatic rings. The van der Waals surface area contributed by atoms with E-state index < -0.39 is 0 Å². The van der Waals surface area contributed by atoms with Crippen LogP contribution in [0.15, 0.2) is 42.5 Å². The van der Waals surface area contributed by atoms with Crippen molar-refractivity contribution in [2.75, 3.05) is 0 Å². The fraction of sp³-hybridized carbons (Fsp3) is 0.188. The summed E-state index contributed by atoms with van der Waals surface area (Å²) in [7, 11) is 0. The minimum atomic E-state index is -0.188. The molecule has 0 saturated carbocycles. The first-order valence-electron chi connectivity index (χ1n) is 6.63. The lowest BCUT2D eigenvalue weighted by molar-refractivity contribution is 0.593. The molecule has 3 rings (SSSR count). The fourth-order valence-corrected chi connectivity index (χ4v) is 2.86. The lowest BCUT2D eigenvalue weighted by atomic mass is 10.1. The van der Waals surface area contributed by atoms with Gasteiger partial charge < -0.3 is 4.57 Å². The van der Waals surface area contributed by atoms with Gasteiger partial charge in [0.25, 0.3) is 0 Å². The van der Waals surface area contributed by atoms with E-state index in [9.17, 15) is 4.39 Å². The van der Waals surface area contributed by atoms with E-state index in [2.05, 4.69) is 4.98 Å². The predicted molar refractivity (Wildman–Crippen MR) is 84.4 cm³/mol. The predicted octanol–water partition coefficient (Wildman–Crippen LogP) is 4.81. The minimum absolute atomic E-state index is 0.188. The molecule has 21 heavy (non-hydrogen) atoms. The molecule has 0 aliphatic carbocycles. The molecule has 0 N–H and O–H groups in total. The van der Waals surface area contributed by atoms with Crippen LogP contribution in [0, 0.1) is 5.82 Å². The molecule has 0 bridgehead atoms. The Bertz CT molecular complexity index is 783. The number of hydrogen-bond donors (Lipinski definition) is 0. The van der Waals surface area contributed by atoms with Crippen molar-refractivity contribution >= 4 is 34.2 Å². The highest BCUT2D eigenvalue weighted by Gasteiger charge is 2.12. The second-order valence-corrected chi connectivity index (χ2v) is 5.44. The minimum Gasteiger partial charge on any atom is -0.327 e. The zero-order valence-corrected chi connectivity index (χ0v) is 12.7. The van der Waals surface area contributed by atoms with Gasteiger partial charge >= 0.3 is 0 Å².